The van der Waals surface area contributed by atoms with Crippen molar-refractivity contribution in [3.05, 3.63) is 57.6 Å². The van der Waals surface area contributed by atoms with Gasteiger partial charge in [0.1, 0.15) is 10.6 Å². The van der Waals surface area contributed by atoms with E-state index in [1.807, 2.05) is 6.08 Å². The maximum atomic E-state index is 12.8. The number of nitrogens with one attached hydrogen (secondary N) is 2. The second kappa shape index (κ2) is 9.06. The summed E-state index contributed by atoms with van der Waals surface area (Å²) in [6.45, 7) is 1.63. The fraction of sp³-hybridized carbons (Fsp3) is 0.250. The Kier molecular flexibility index (Phi) is 6.32. The number of carbonyl (C=O) groups is 2. The second-order valence-corrected chi connectivity index (χ2v) is 8.59. The van der Waals surface area contributed by atoms with Crippen LogP contribution in [0.4, 0.5) is 13.2 Å². The van der Waals surface area contributed by atoms with Crippen LogP contribution >= 0.6 is 22.9 Å². The lowest BCUT2D eigenvalue weighted by molar-refractivity contribution is -0.274. The number of hydrogen-bond donors (Lipinski definition) is 2. The van der Waals surface area contributed by atoms with E-state index in [0.717, 1.165) is 35.5 Å². The Morgan fingerprint density at radius 3 is 2.65 bits per heavy atom. The third-order valence-corrected chi connectivity index (χ3v) is 5.74. The summed E-state index contributed by atoms with van der Waals surface area (Å²) in [4.78, 5) is 33.8. The SMILES string of the molecule is CNC(=O)c1cnc(-n2nc(C3=CC3)nc2[C@H](C)NC(=O)c2cc(Cl)cc(OC(F)(F)F)c2)s1. The summed E-state index contributed by atoms with van der Waals surface area (Å²) in [5.74, 6) is -0.851. The summed E-state index contributed by atoms with van der Waals surface area (Å²) in [7, 11) is 1.50. The molecule has 9 nitrogen and oxygen atoms in total. The van der Waals surface area contributed by atoms with E-state index in [2.05, 4.69) is 30.4 Å². The van der Waals surface area contributed by atoms with Crippen molar-refractivity contribution in [3.63, 3.8) is 0 Å². The van der Waals surface area contributed by atoms with Gasteiger partial charge in [0.25, 0.3) is 11.8 Å². The monoisotopic (exact) mass is 512 g/mol. The van der Waals surface area contributed by atoms with Gasteiger partial charge < -0.3 is 15.4 Å². The van der Waals surface area contributed by atoms with Gasteiger partial charge >= 0.3 is 6.36 Å². The largest absolute Gasteiger partial charge is 0.573 e. The van der Waals surface area contributed by atoms with Crippen LogP contribution in [0.1, 0.15) is 51.1 Å². The fourth-order valence-electron chi connectivity index (χ4n) is 2.94. The number of thiazole rings is 1. The standard InChI is InChI=1S/C20H16ClF3N6O3S/c1-9(27-17(31)11-5-12(21)7-13(6-11)33-20(22,23)24)16-28-15(10-3-4-10)29-30(16)19-26-8-14(34-19)18(32)25-2/h3,5-9H,4H2,1-2H3,(H,25,32)(H,27,31)/t9-/m0/s1. The van der Waals surface area contributed by atoms with Gasteiger partial charge in [0.05, 0.1) is 12.2 Å². The highest BCUT2D eigenvalue weighted by Crippen LogP contribution is 2.31. The molecule has 1 atom stereocenters. The van der Waals surface area contributed by atoms with Gasteiger partial charge in [-0.1, -0.05) is 29.0 Å². The maximum absolute atomic E-state index is 12.8. The predicted octanol–water partition coefficient (Wildman–Crippen LogP) is 3.91. The third kappa shape index (κ3) is 5.37. The summed E-state index contributed by atoms with van der Waals surface area (Å²) in [5.41, 5.74) is 0.788. The van der Waals surface area contributed by atoms with E-state index in [9.17, 15) is 22.8 Å². The van der Waals surface area contributed by atoms with Gasteiger partial charge in [-0.3, -0.25) is 9.59 Å². The Balaban J connectivity index is 1.60. The van der Waals surface area contributed by atoms with E-state index in [1.165, 1.54) is 24.0 Å². The summed E-state index contributed by atoms with van der Waals surface area (Å²) in [6, 6.07) is 2.37. The first-order chi connectivity index (χ1) is 16.0. The van der Waals surface area contributed by atoms with E-state index in [-0.39, 0.29) is 16.5 Å². The molecule has 2 heterocycles. The Morgan fingerprint density at radius 1 is 1.26 bits per heavy atom. The Morgan fingerprint density at radius 2 is 2.00 bits per heavy atom. The molecule has 0 aliphatic heterocycles. The molecule has 4 rings (SSSR count). The smallest absolute Gasteiger partial charge is 0.406 e. The van der Waals surface area contributed by atoms with Gasteiger partial charge in [0.2, 0.25) is 5.13 Å². The minimum atomic E-state index is -4.93. The second-order valence-electron chi connectivity index (χ2n) is 7.14. The number of aromatic nitrogens is 4. The van der Waals surface area contributed by atoms with Crippen molar-refractivity contribution >= 4 is 40.3 Å². The lowest BCUT2D eigenvalue weighted by Crippen LogP contribution is -2.29. The highest BCUT2D eigenvalue weighted by Gasteiger charge is 2.32. The van der Waals surface area contributed by atoms with Crippen LogP contribution in [0.15, 0.2) is 30.5 Å². The van der Waals surface area contributed by atoms with Gasteiger partial charge in [-0.15, -0.1) is 18.3 Å². The molecule has 0 bridgehead atoms. The minimum Gasteiger partial charge on any atom is -0.406 e. The molecule has 3 aromatic rings. The molecule has 0 unspecified atom stereocenters. The zero-order valence-electron chi connectivity index (χ0n) is 17.6. The van der Waals surface area contributed by atoms with Crippen molar-refractivity contribution in [2.45, 2.75) is 25.7 Å². The molecule has 178 valence electrons. The van der Waals surface area contributed by atoms with Crippen LogP contribution in [0, 0.1) is 0 Å². The van der Waals surface area contributed by atoms with Crippen LogP contribution in [0.2, 0.25) is 5.02 Å². The number of allylic oxidation sites excluding steroid dienone is 2. The van der Waals surface area contributed by atoms with Crippen LogP contribution in [0.5, 0.6) is 5.75 Å². The first kappa shape index (κ1) is 23.7. The number of carbonyl (C=O) groups excluding carboxylic acids is 2. The van der Waals surface area contributed by atoms with Crippen molar-refractivity contribution in [1.29, 1.82) is 0 Å². The highest BCUT2D eigenvalue weighted by atomic mass is 35.5. The predicted molar refractivity (Wildman–Crippen MR) is 117 cm³/mol. The summed E-state index contributed by atoms with van der Waals surface area (Å²) < 4.78 is 43.0. The number of nitrogens with zero attached hydrogens (tertiary/aromatic N) is 4. The average Bonchev–Trinajstić information content (AvgIpc) is 3.31. The molecule has 0 saturated heterocycles. The van der Waals surface area contributed by atoms with Crippen molar-refractivity contribution in [1.82, 2.24) is 30.4 Å². The molecule has 0 spiro atoms. The van der Waals surface area contributed by atoms with Crippen molar-refractivity contribution in [2.24, 2.45) is 0 Å². The van der Waals surface area contributed by atoms with E-state index in [4.69, 9.17) is 11.6 Å². The minimum absolute atomic E-state index is 0.102. The Bertz CT molecular complexity index is 1300. The molecule has 0 saturated carbocycles. The number of amides is 2. The van der Waals surface area contributed by atoms with Gasteiger partial charge in [-0.2, -0.15) is 4.68 Å². The quantitative estimate of drug-likeness (QED) is 0.496. The maximum Gasteiger partial charge on any atom is 0.573 e. The lowest BCUT2D eigenvalue weighted by Gasteiger charge is -2.15. The molecule has 14 heteroatoms. The van der Waals surface area contributed by atoms with Crippen LogP contribution in [-0.2, 0) is 0 Å². The van der Waals surface area contributed by atoms with Crippen LogP contribution in [0.3, 0.4) is 0 Å². The third-order valence-electron chi connectivity index (χ3n) is 4.56. The molecule has 0 radical (unpaired) electrons. The summed E-state index contributed by atoms with van der Waals surface area (Å²) in [6.07, 6.45) is -0.871. The molecule has 1 aliphatic carbocycles. The molecule has 34 heavy (non-hydrogen) atoms. The molecule has 1 aliphatic rings. The van der Waals surface area contributed by atoms with E-state index in [0.29, 0.717) is 21.7 Å². The molecule has 2 aromatic heterocycles. The lowest BCUT2D eigenvalue weighted by atomic mass is 10.2. The number of ether oxygens (including phenoxy) is 1. The zero-order valence-corrected chi connectivity index (χ0v) is 19.2. The molecule has 2 amide bonds. The molecular weight excluding hydrogens is 497 g/mol. The van der Waals surface area contributed by atoms with Crippen molar-refractivity contribution < 1.29 is 27.5 Å². The first-order valence-corrected chi connectivity index (χ1v) is 11.0. The van der Waals surface area contributed by atoms with Crippen molar-refractivity contribution in [2.75, 3.05) is 7.05 Å². The van der Waals surface area contributed by atoms with E-state index in [1.54, 1.807) is 6.92 Å². The summed E-state index contributed by atoms with van der Waals surface area (Å²) >= 11 is 6.95. The van der Waals surface area contributed by atoms with Gasteiger partial charge in [-0.25, -0.2) is 9.97 Å². The van der Waals surface area contributed by atoms with E-state index < -0.39 is 24.1 Å². The van der Waals surface area contributed by atoms with Crippen LogP contribution < -0.4 is 15.4 Å². The average molecular weight is 513 g/mol. The molecule has 0 fully saturated rings. The van der Waals surface area contributed by atoms with Crippen molar-refractivity contribution in [3.8, 4) is 10.9 Å². The first-order valence-electron chi connectivity index (χ1n) is 9.76. The number of rotatable bonds is 7. The summed E-state index contributed by atoms with van der Waals surface area (Å²) in [5, 5.41) is 9.89. The number of halogens is 4. The molecule has 2 N–H and O–H groups in total. The van der Waals surface area contributed by atoms with E-state index >= 15 is 0 Å². The Labute approximate surface area is 199 Å². The number of hydrogen-bond acceptors (Lipinski definition) is 7. The molecular formula is C20H16ClF3N6O3S. The van der Waals surface area contributed by atoms with Crippen LogP contribution in [0.25, 0.3) is 10.7 Å². The van der Waals surface area contributed by atoms with Gasteiger partial charge in [0, 0.05) is 17.6 Å². The topological polar surface area (TPSA) is 111 Å². The Hall–Kier alpha value is -3.45. The fourth-order valence-corrected chi connectivity index (χ4v) is 3.98. The molecule has 1 aromatic carbocycles. The zero-order chi connectivity index (χ0) is 24.6. The van der Waals surface area contributed by atoms with Gasteiger partial charge in [-0.05, 0) is 37.1 Å². The number of benzene rings is 1. The van der Waals surface area contributed by atoms with Gasteiger partial charge in [0.15, 0.2) is 11.6 Å². The highest BCUT2D eigenvalue weighted by molar-refractivity contribution is 7.16. The number of alkyl halides is 3. The normalized spacial score (nSPS) is 13.8. The van der Waals surface area contributed by atoms with Crippen LogP contribution in [-0.4, -0.2) is 45.0 Å².